The normalized spacial score (nSPS) is 19.4. The van der Waals surface area contributed by atoms with Crippen LogP contribution in [0.1, 0.15) is 45.4 Å². The molecule has 0 radical (unpaired) electrons. The first kappa shape index (κ1) is 13.2. The van der Waals surface area contributed by atoms with E-state index in [2.05, 4.69) is 38.3 Å². The van der Waals surface area contributed by atoms with Crippen molar-refractivity contribution in [1.82, 2.24) is 0 Å². The van der Waals surface area contributed by atoms with Crippen LogP contribution in [0.25, 0.3) is 0 Å². The number of unbranched alkanes of at least 4 members (excludes halogenated alkanes) is 2. The van der Waals surface area contributed by atoms with Gasteiger partial charge < -0.3 is 0 Å². The molecule has 1 aliphatic carbocycles. The van der Waals surface area contributed by atoms with Crippen LogP contribution in [0.3, 0.4) is 0 Å². The number of hydrogen-bond acceptors (Lipinski definition) is 0. The predicted octanol–water partition coefficient (Wildman–Crippen LogP) is 4.89. The lowest BCUT2D eigenvalue weighted by atomic mass is 9.95. The molecule has 1 rings (SSSR count). The van der Waals surface area contributed by atoms with Crippen molar-refractivity contribution in [3.63, 3.8) is 0 Å². The molecule has 0 amide bonds. The summed E-state index contributed by atoms with van der Waals surface area (Å²) in [4.78, 5) is 0. The number of allylic oxidation sites excluding steroid dienone is 4. The van der Waals surface area contributed by atoms with Crippen LogP contribution in [0, 0.1) is 5.92 Å². The van der Waals surface area contributed by atoms with E-state index in [0.717, 1.165) is 5.92 Å². The summed E-state index contributed by atoms with van der Waals surface area (Å²) < 4.78 is 0. The van der Waals surface area contributed by atoms with Crippen molar-refractivity contribution in [1.29, 1.82) is 0 Å². The fourth-order valence-corrected chi connectivity index (χ4v) is 1.38. The van der Waals surface area contributed by atoms with Crippen LogP contribution in [0.5, 0.6) is 0 Å². The molecule has 14 heavy (non-hydrogen) atoms. The maximum Gasteiger partial charge on any atom is -0.0199 e. The van der Waals surface area contributed by atoms with Gasteiger partial charge in [-0.25, -0.2) is 0 Å². The van der Waals surface area contributed by atoms with Crippen LogP contribution in [0.15, 0.2) is 37.5 Å². The Morgan fingerprint density at radius 1 is 1.36 bits per heavy atom. The van der Waals surface area contributed by atoms with Crippen LogP contribution < -0.4 is 0 Å². The SMILES string of the molecule is C=CC1CC=CCC1.C=CCCCC. The van der Waals surface area contributed by atoms with Gasteiger partial charge in [-0.15, -0.1) is 13.2 Å². The monoisotopic (exact) mass is 192 g/mol. The van der Waals surface area contributed by atoms with Gasteiger partial charge in [0, 0.05) is 0 Å². The van der Waals surface area contributed by atoms with Gasteiger partial charge in [0.1, 0.15) is 0 Å². The van der Waals surface area contributed by atoms with Crippen molar-refractivity contribution in [2.45, 2.75) is 45.4 Å². The Morgan fingerprint density at radius 2 is 2.14 bits per heavy atom. The molecular weight excluding hydrogens is 168 g/mol. The molecule has 0 bridgehead atoms. The summed E-state index contributed by atoms with van der Waals surface area (Å²) in [6.07, 6.45) is 16.0. The Hall–Kier alpha value is -0.780. The molecule has 0 heteroatoms. The molecule has 0 nitrogen and oxygen atoms in total. The molecule has 0 N–H and O–H groups in total. The minimum Gasteiger partial charge on any atom is -0.103 e. The fraction of sp³-hybridized carbons (Fsp3) is 0.571. The lowest BCUT2D eigenvalue weighted by Gasteiger charge is -2.11. The zero-order valence-electron chi connectivity index (χ0n) is 9.54. The van der Waals surface area contributed by atoms with Gasteiger partial charge in [0.2, 0.25) is 0 Å². The van der Waals surface area contributed by atoms with Crippen LogP contribution >= 0.6 is 0 Å². The Kier molecular flexibility index (Phi) is 9.73. The van der Waals surface area contributed by atoms with Crippen molar-refractivity contribution >= 4 is 0 Å². The molecule has 0 aromatic rings. The quantitative estimate of drug-likeness (QED) is 0.439. The summed E-state index contributed by atoms with van der Waals surface area (Å²) in [6, 6.07) is 0. The van der Waals surface area contributed by atoms with Crippen LogP contribution in [-0.4, -0.2) is 0 Å². The Balaban J connectivity index is 0.000000255. The summed E-state index contributed by atoms with van der Waals surface area (Å²) in [6.45, 7) is 9.53. The fourth-order valence-electron chi connectivity index (χ4n) is 1.38. The second-order valence-electron chi connectivity index (χ2n) is 3.71. The molecule has 0 aromatic heterocycles. The number of rotatable bonds is 4. The lowest BCUT2D eigenvalue weighted by molar-refractivity contribution is 0.585. The van der Waals surface area contributed by atoms with E-state index in [4.69, 9.17) is 0 Å². The first-order valence-corrected chi connectivity index (χ1v) is 5.73. The minimum absolute atomic E-state index is 0.764. The molecule has 0 fully saturated rings. The van der Waals surface area contributed by atoms with Gasteiger partial charge in [-0.1, -0.05) is 44.1 Å². The van der Waals surface area contributed by atoms with Crippen molar-refractivity contribution in [3.8, 4) is 0 Å². The lowest BCUT2D eigenvalue weighted by Crippen LogP contribution is -1.96. The third-order valence-corrected chi connectivity index (χ3v) is 2.40. The molecule has 1 atom stereocenters. The standard InChI is InChI=1S/C8H12.C6H12/c1-2-8-6-4-3-5-7-8;1-3-5-6-4-2/h2-4,8H,1,5-7H2;3H,1,4-6H2,2H3. The van der Waals surface area contributed by atoms with Crippen molar-refractivity contribution in [2.24, 2.45) is 5.92 Å². The van der Waals surface area contributed by atoms with Gasteiger partial charge in [0.25, 0.3) is 0 Å². The van der Waals surface area contributed by atoms with E-state index in [0.29, 0.717) is 0 Å². The molecule has 0 saturated carbocycles. The van der Waals surface area contributed by atoms with Gasteiger partial charge in [-0.2, -0.15) is 0 Å². The summed E-state index contributed by atoms with van der Waals surface area (Å²) in [7, 11) is 0. The molecule has 1 unspecified atom stereocenters. The van der Waals surface area contributed by atoms with E-state index in [-0.39, 0.29) is 0 Å². The van der Waals surface area contributed by atoms with Gasteiger partial charge in [0.15, 0.2) is 0 Å². The summed E-state index contributed by atoms with van der Waals surface area (Å²) in [5.41, 5.74) is 0. The second kappa shape index (κ2) is 10.3. The predicted molar refractivity (Wildman–Crippen MR) is 66.4 cm³/mol. The van der Waals surface area contributed by atoms with Crippen LogP contribution in [-0.2, 0) is 0 Å². The smallest absolute Gasteiger partial charge is 0.0199 e. The van der Waals surface area contributed by atoms with Crippen molar-refractivity contribution < 1.29 is 0 Å². The zero-order chi connectivity index (χ0) is 10.6. The van der Waals surface area contributed by atoms with E-state index in [1.54, 1.807) is 0 Å². The molecule has 0 aromatic carbocycles. The summed E-state index contributed by atoms with van der Waals surface area (Å²) in [5.74, 6) is 0.764. The number of hydrogen-bond donors (Lipinski definition) is 0. The largest absolute Gasteiger partial charge is 0.103 e. The third-order valence-electron chi connectivity index (χ3n) is 2.40. The molecule has 0 heterocycles. The first-order valence-electron chi connectivity index (χ1n) is 5.73. The molecule has 0 aliphatic heterocycles. The Morgan fingerprint density at radius 3 is 2.43 bits per heavy atom. The Labute approximate surface area is 89.4 Å². The maximum absolute atomic E-state index is 3.75. The Bertz CT molecular complexity index is 165. The van der Waals surface area contributed by atoms with Gasteiger partial charge in [0.05, 0.1) is 0 Å². The second-order valence-corrected chi connectivity index (χ2v) is 3.71. The average Bonchev–Trinajstić information content (AvgIpc) is 2.28. The topological polar surface area (TPSA) is 0 Å². The van der Waals surface area contributed by atoms with E-state index >= 15 is 0 Å². The van der Waals surface area contributed by atoms with E-state index < -0.39 is 0 Å². The average molecular weight is 192 g/mol. The van der Waals surface area contributed by atoms with E-state index in [9.17, 15) is 0 Å². The van der Waals surface area contributed by atoms with Gasteiger partial charge in [-0.3, -0.25) is 0 Å². The molecule has 1 aliphatic rings. The highest BCUT2D eigenvalue weighted by Crippen LogP contribution is 2.17. The molecule has 0 saturated heterocycles. The maximum atomic E-state index is 3.75. The highest BCUT2D eigenvalue weighted by atomic mass is 14.1. The highest BCUT2D eigenvalue weighted by molar-refractivity contribution is 4.95. The molecule has 80 valence electrons. The van der Waals surface area contributed by atoms with Crippen molar-refractivity contribution in [3.05, 3.63) is 37.5 Å². The first-order chi connectivity index (χ1) is 6.85. The van der Waals surface area contributed by atoms with E-state index in [1.165, 1.54) is 38.5 Å². The van der Waals surface area contributed by atoms with Crippen molar-refractivity contribution in [2.75, 3.05) is 0 Å². The van der Waals surface area contributed by atoms with Crippen LogP contribution in [0.4, 0.5) is 0 Å². The summed E-state index contributed by atoms with van der Waals surface area (Å²) >= 11 is 0. The zero-order valence-corrected chi connectivity index (χ0v) is 9.54. The van der Waals surface area contributed by atoms with Gasteiger partial charge >= 0.3 is 0 Å². The van der Waals surface area contributed by atoms with E-state index in [1.807, 2.05) is 6.08 Å². The molecule has 0 spiro atoms. The van der Waals surface area contributed by atoms with Crippen LogP contribution in [0.2, 0.25) is 0 Å². The highest BCUT2D eigenvalue weighted by Gasteiger charge is 2.02. The van der Waals surface area contributed by atoms with Gasteiger partial charge in [-0.05, 0) is 31.6 Å². The molecular formula is C14H24. The third kappa shape index (κ3) is 7.85. The summed E-state index contributed by atoms with van der Waals surface area (Å²) in [5, 5.41) is 0. The minimum atomic E-state index is 0.764.